The summed E-state index contributed by atoms with van der Waals surface area (Å²) in [5.74, 6) is 5.32. The highest BCUT2D eigenvalue weighted by Crippen LogP contribution is 2.10. The van der Waals surface area contributed by atoms with Crippen LogP contribution in [0, 0.1) is 18.8 Å². The average molecular weight is 287 g/mol. The van der Waals surface area contributed by atoms with E-state index >= 15 is 0 Å². The van der Waals surface area contributed by atoms with Crippen molar-refractivity contribution in [3.05, 3.63) is 34.9 Å². The lowest BCUT2D eigenvalue weighted by molar-refractivity contribution is -0.120. The van der Waals surface area contributed by atoms with Crippen molar-refractivity contribution in [2.24, 2.45) is 5.73 Å². The van der Waals surface area contributed by atoms with Crippen molar-refractivity contribution in [1.82, 2.24) is 10.6 Å². The first-order chi connectivity index (χ1) is 10.1. The fourth-order valence-corrected chi connectivity index (χ4v) is 1.77. The quantitative estimate of drug-likeness (QED) is 0.692. The summed E-state index contributed by atoms with van der Waals surface area (Å²) in [6.45, 7) is 4.88. The van der Waals surface area contributed by atoms with Gasteiger partial charge in [-0.1, -0.05) is 23.5 Å². The number of amides is 2. The number of carbonyl (C=O) groups excluding carboxylic acids is 2. The maximum atomic E-state index is 12.2. The predicted molar refractivity (Wildman–Crippen MR) is 82.7 cm³/mol. The van der Waals surface area contributed by atoms with E-state index < -0.39 is 0 Å². The second kappa shape index (κ2) is 8.77. The number of nitrogens with two attached hydrogens (primary N) is 1. The van der Waals surface area contributed by atoms with Crippen LogP contribution < -0.4 is 16.4 Å². The highest BCUT2D eigenvalue weighted by atomic mass is 16.2. The van der Waals surface area contributed by atoms with E-state index in [1.807, 2.05) is 19.9 Å². The lowest BCUT2D eigenvalue weighted by Crippen LogP contribution is -2.31. The molecule has 1 rings (SSSR count). The minimum absolute atomic E-state index is 0.0785. The molecule has 0 saturated heterocycles. The summed E-state index contributed by atoms with van der Waals surface area (Å²) in [6.07, 6.45) is 0.259. The summed E-state index contributed by atoms with van der Waals surface area (Å²) in [6, 6.07) is 5.48. The van der Waals surface area contributed by atoms with Gasteiger partial charge in [-0.15, -0.1) is 0 Å². The van der Waals surface area contributed by atoms with Crippen LogP contribution in [0.5, 0.6) is 0 Å². The maximum Gasteiger partial charge on any atom is 0.252 e. The summed E-state index contributed by atoms with van der Waals surface area (Å²) in [5, 5.41) is 5.41. The molecule has 21 heavy (non-hydrogen) atoms. The van der Waals surface area contributed by atoms with E-state index in [-0.39, 0.29) is 24.8 Å². The number of carbonyl (C=O) groups is 2. The molecule has 0 aliphatic carbocycles. The SMILES string of the molecule is CCNC(=O)CCNC(=O)c1cc(C)ccc1C#CCN. The summed E-state index contributed by atoms with van der Waals surface area (Å²) < 4.78 is 0. The molecule has 0 heterocycles. The van der Waals surface area contributed by atoms with Crippen molar-refractivity contribution < 1.29 is 9.59 Å². The zero-order chi connectivity index (χ0) is 15.7. The van der Waals surface area contributed by atoms with Crippen LogP contribution in [0.15, 0.2) is 18.2 Å². The lowest BCUT2D eigenvalue weighted by Gasteiger charge is -2.08. The Kier molecular flexibility index (Phi) is 6.99. The first-order valence-corrected chi connectivity index (χ1v) is 6.93. The Labute approximate surface area is 125 Å². The maximum absolute atomic E-state index is 12.2. The number of nitrogens with one attached hydrogen (secondary N) is 2. The molecule has 0 bridgehead atoms. The molecule has 1 aromatic rings. The molecule has 0 aliphatic heterocycles. The number of hydrogen-bond donors (Lipinski definition) is 3. The molecule has 0 atom stereocenters. The molecule has 0 fully saturated rings. The number of aryl methyl sites for hydroxylation is 1. The Morgan fingerprint density at radius 2 is 2.05 bits per heavy atom. The van der Waals surface area contributed by atoms with E-state index in [1.165, 1.54) is 0 Å². The summed E-state index contributed by atoms with van der Waals surface area (Å²) >= 11 is 0. The van der Waals surface area contributed by atoms with Crippen LogP contribution in [0.25, 0.3) is 0 Å². The molecule has 5 heteroatoms. The van der Waals surface area contributed by atoms with Gasteiger partial charge in [-0.25, -0.2) is 0 Å². The first-order valence-electron chi connectivity index (χ1n) is 6.93. The lowest BCUT2D eigenvalue weighted by atomic mass is 10.0. The summed E-state index contributed by atoms with van der Waals surface area (Å²) in [4.78, 5) is 23.5. The second-order valence-corrected chi connectivity index (χ2v) is 4.51. The van der Waals surface area contributed by atoms with Gasteiger partial charge < -0.3 is 16.4 Å². The van der Waals surface area contributed by atoms with Gasteiger partial charge in [-0.2, -0.15) is 0 Å². The normalized spacial score (nSPS) is 9.48. The molecule has 0 saturated carbocycles. The van der Waals surface area contributed by atoms with Crippen LogP contribution in [0.3, 0.4) is 0 Å². The van der Waals surface area contributed by atoms with Gasteiger partial charge in [0.2, 0.25) is 5.91 Å². The van der Waals surface area contributed by atoms with Crippen LogP contribution in [0.1, 0.15) is 34.8 Å². The second-order valence-electron chi connectivity index (χ2n) is 4.51. The van der Waals surface area contributed by atoms with Crippen molar-refractivity contribution in [2.45, 2.75) is 20.3 Å². The number of rotatable bonds is 5. The van der Waals surface area contributed by atoms with Crippen molar-refractivity contribution in [3.63, 3.8) is 0 Å². The molecule has 2 amide bonds. The Bertz CT molecular complexity index is 571. The molecule has 0 aliphatic rings. The highest BCUT2D eigenvalue weighted by molar-refractivity contribution is 5.97. The highest BCUT2D eigenvalue weighted by Gasteiger charge is 2.10. The summed E-state index contributed by atoms with van der Waals surface area (Å²) in [5.41, 5.74) is 7.48. The largest absolute Gasteiger partial charge is 0.356 e. The summed E-state index contributed by atoms with van der Waals surface area (Å²) in [7, 11) is 0. The first kappa shape index (κ1) is 16.7. The van der Waals surface area contributed by atoms with Gasteiger partial charge in [0.25, 0.3) is 5.91 Å². The molecule has 0 spiro atoms. The van der Waals surface area contributed by atoms with Crippen LogP contribution in [0.2, 0.25) is 0 Å². The minimum atomic E-state index is -0.232. The fraction of sp³-hybridized carbons (Fsp3) is 0.375. The van der Waals surface area contributed by atoms with Crippen LogP contribution in [-0.2, 0) is 4.79 Å². The van der Waals surface area contributed by atoms with E-state index in [9.17, 15) is 9.59 Å². The van der Waals surface area contributed by atoms with Gasteiger partial charge in [-0.3, -0.25) is 9.59 Å². The van der Waals surface area contributed by atoms with Gasteiger partial charge in [0, 0.05) is 25.1 Å². The van der Waals surface area contributed by atoms with Gasteiger partial charge >= 0.3 is 0 Å². The van der Waals surface area contributed by atoms with E-state index in [1.54, 1.807) is 12.1 Å². The van der Waals surface area contributed by atoms with Gasteiger partial charge in [-0.05, 0) is 26.0 Å². The molecule has 0 radical (unpaired) electrons. The Balaban J connectivity index is 2.72. The minimum Gasteiger partial charge on any atom is -0.356 e. The van der Waals surface area contributed by atoms with E-state index in [0.717, 1.165) is 5.56 Å². The van der Waals surface area contributed by atoms with E-state index in [0.29, 0.717) is 24.2 Å². The van der Waals surface area contributed by atoms with Crippen LogP contribution in [0.4, 0.5) is 0 Å². The van der Waals surface area contributed by atoms with Gasteiger partial charge in [0.15, 0.2) is 0 Å². The molecule has 4 N–H and O–H groups in total. The van der Waals surface area contributed by atoms with Gasteiger partial charge in [0.1, 0.15) is 0 Å². The molecule has 0 unspecified atom stereocenters. The van der Waals surface area contributed by atoms with Gasteiger partial charge in [0.05, 0.1) is 12.1 Å². The van der Waals surface area contributed by atoms with Crippen molar-refractivity contribution in [3.8, 4) is 11.8 Å². The molecule has 112 valence electrons. The van der Waals surface area contributed by atoms with Crippen molar-refractivity contribution >= 4 is 11.8 Å². The molecular formula is C16H21N3O2. The average Bonchev–Trinajstić information content (AvgIpc) is 2.46. The zero-order valence-corrected chi connectivity index (χ0v) is 12.5. The molecule has 1 aromatic carbocycles. The van der Waals surface area contributed by atoms with E-state index in [2.05, 4.69) is 22.5 Å². The third-order valence-electron chi connectivity index (χ3n) is 2.76. The monoisotopic (exact) mass is 287 g/mol. The van der Waals surface area contributed by atoms with E-state index in [4.69, 9.17) is 5.73 Å². The standard InChI is InChI=1S/C16H21N3O2/c1-3-18-15(20)8-10-19-16(21)14-11-12(2)6-7-13(14)5-4-9-17/h6-7,11H,3,8-10,17H2,1-2H3,(H,18,20)(H,19,21). The molecule has 5 nitrogen and oxygen atoms in total. The zero-order valence-electron chi connectivity index (χ0n) is 12.5. The Morgan fingerprint density at radius 1 is 1.29 bits per heavy atom. The van der Waals surface area contributed by atoms with Crippen molar-refractivity contribution in [1.29, 1.82) is 0 Å². The van der Waals surface area contributed by atoms with Crippen LogP contribution in [-0.4, -0.2) is 31.4 Å². The third kappa shape index (κ3) is 5.67. The fourth-order valence-electron chi connectivity index (χ4n) is 1.77. The molecular weight excluding hydrogens is 266 g/mol. The molecule has 0 aromatic heterocycles. The smallest absolute Gasteiger partial charge is 0.252 e. The Morgan fingerprint density at radius 3 is 2.71 bits per heavy atom. The Hall–Kier alpha value is -2.32. The predicted octanol–water partition coefficient (Wildman–Crippen LogP) is 0.561. The van der Waals surface area contributed by atoms with Crippen LogP contribution >= 0.6 is 0 Å². The number of hydrogen-bond acceptors (Lipinski definition) is 3. The van der Waals surface area contributed by atoms with Crippen molar-refractivity contribution in [2.75, 3.05) is 19.6 Å². The third-order valence-corrected chi connectivity index (χ3v) is 2.76. The number of benzene rings is 1. The topological polar surface area (TPSA) is 84.2 Å².